The van der Waals surface area contributed by atoms with Gasteiger partial charge in [-0.05, 0) is 48.6 Å². The van der Waals surface area contributed by atoms with Crippen LogP contribution in [-0.2, 0) is 27.9 Å². The molecular weight excluding hydrogens is 398 g/mol. The number of carbonyl (C=O) groups excluding carboxylic acids is 1. The van der Waals surface area contributed by atoms with E-state index in [1.807, 2.05) is 29.9 Å². The number of nitrogens with zero attached hydrogens (tertiary/aromatic N) is 3. The third kappa shape index (κ3) is 3.82. The number of sulfonamides is 1. The Morgan fingerprint density at radius 1 is 1.29 bits per heavy atom. The van der Waals surface area contributed by atoms with Crippen LogP contribution >= 0.6 is 11.3 Å². The van der Waals surface area contributed by atoms with E-state index in [4.69, 9.17) is 4.74 Å². The van der Waals surface area contributed by atoms with Gasteiger partial charge in [-0.25, -0.2) is 22.5 Å². The minimum atomic E-state index is -3.54. The normalized spacial score (nSPS) is 12.0. The lowest BCUT2D eigenvalue weighted by atomic mass is 10.3. The SMILES string of the molecule is CCCn1c(COC(=O)c2sccc2C)nc2cc(S(=O)(=O)N(C)C)ccc21. The minimum absolute atomic E-state index is 0.0284. The molecule has 2 aromatic heterocycles. The van der Waals surface area contributed by atoms with E-state index in [0.717, 1.165) is 17.5 Å². The van der Waals surface area contributed by atoms with Gasteiger partial charge in [0.2, 0.25) is 10.0 Å². The van der Waals surface area contributed by atoms with Gasteiger partial charge in [-0.3, -0.25) is 0 Å². The molecule has 0 atom stereocenters. The first-order valence-electron chi connectivity index (χ1n) is 8.88. The maximum atomic E-state index is 12.4. The standard InChI is InChI=1S/C19H23N3O4S2/c1-5-9-22-16-7-6-14(28(24,25)21(3)4)11-15(16)20-17(22)12-26-19(23)18-13(2)8-10-27-18/h6-8,10-11H,5,9,12H2,1-4H3. The van der Waals surface area contributed by atoms with Crippen molar-refractivity contribution in [3.63, 3.8) is 0 Å². The van der Waals surface area contributed by atoms with E-state index in [9.17, 15) is 13.2 Å². The zero-order valence-electron chi connectivity index (χ0n) is 16.3. The molecule has 0 amide bonds. The molecule has 0 spiro atoms. The lowest BCUT2D eigenvalue weighted by Crippen LogP contribution is -2.22. The van der Waals surface area contributed by atoms with E-state index in [1.165, 1.54) is 29.7 Å². The van der Waals surface area contributed by atoms with Crippen LogP contribution < -0.4 is 0 Å². The average Bonchev–Trinajstić information content (AvgIpc) is 3.23. The van der Waals surface area contributed by atoms with Crippen LogP contribution in [0.25, 0.3) is 11.0 Å². The van der Waals surface area contributed by atoms with Crippen LogP contribution in [0.3, 0.4) is 0 Å². The molecule has 0 radical (unpaired) electrons. The first-order chi connectivity index (χ1) is 13.3. The third-order valence-electron chi connectivity index (χ3n) is 4.40. The molecule has 0 aliphatic heterocycles. The molecule has 1 aromatic carbocycles. The third-order valence-corrected chi connectivity index (χ3v) is 7.21. The predicted octanol–water partition coefficient (Wildman–Crippen LogP) is 3.42. The summed E-state index contributed by atoms with van der Waals surface area (Å²) in [6.45, 7) is 4.63. The monoisotopic (exact) mass is 421 g/mol. The Morgan fingerprint density at radius 2 is 2.04 bits per heavy atom. The fourth-order valence-corrected chi connectivity index (χ4v) is 4.63. The summed E-state index contributed by atoms with van der Waals surface area (Å²) in [5, 5.41) is 1.85. The van der Waals surface area contributed by atoms with Gasteiger partial charge in [0.1, 0.15) is 17.3 Å². The van der Waals surface area contributed by atoms with Crippen LogP contribution in [0.5, 0.6) is 0 Å². The van der Waals surface area contributed by atoms with Crippen molar-refractivity contribution in [2.24, 2.45) is 0 Å². The molecule has 9 heteroatoms. The van der Waals surface area contributed by atoms with E-state index < -0.39 is 10.0 Å². The summed E-state index contributed by atoms with van der Waals surface area (Å²) >= 11 is 1.35. The van der Waals surface area contributed by atoms with Crippen molar-refractivity contribution in [1.29, 1.82) is 0 Å². The van der Waals surface area contributed by atoms with E-state index in [-0.39, 0.29) is 17.5 Å². The summed E-state index contributed by atoms with van der Waals surface area (Å²) in [6, 6.07) is 6.77. The second-order valence-electron chi connectivity index (χ2n) is 6.63. The molecule has 0 aliphatic carbocycles. The molecule has 7 nitrogen and oxygen atoms in total. The highest BCUT2D eigenvalue weighted by molar-refractivity contribution is 7.89. The molecule has 0 saturated heterocycles. The van der Waals surface area contributed by atoms with Crippen molar-refractivity contribution < 1.29 is 17.9 Å². The minimum Gasteiger partial charge on any atom is -0.453 e. The molecular formula is C19H23N3O4S2. The van der Waals surface area contributed by atoms with Crippen LogP contribution in [0.2, 0.25) is 0 Å². The highest BCUT2D eigenvalue weighted by atomic mass is 32.2. The van der Waals surface area contributed by atoms with Crippen LogP contribution in [0.1, 0.15) is 34.4 Å². The van der Waals surface area contributed by atoms with Gasteiger partial charge in [-0.2, -0.15) is 0 Å². The lowest BCUT2D eigenvalue weighted by Gasteiger charge is -2.11. The maximum Gasteiger partial charge on any atom is 0.349 e. The molecule has 3 rings (SSSR count). The zero-order valence-corrected chi connectivity index (χ0v) is 17.9. The number of aryl methyl sites for hydroxylation is 2. The number of benzene rings is 1. The quantitative estimate of drug-likeness (QED) is 0.546. The Labute approximate surface area is 168 Å². The Balaban J connectivity index is 1.94. The van der Waals surface area contributed by atoms with Crippen molar-refractivity contribution in [2.45, 2.75) is 38.3 Å². The van der Waals surface area contributed by atoms with Gasteiger partial charge in [-0.15, -0.1) is 11.3 Å². The number of imidazole rings is 1. The Bertz CT molecular complexity index is 1110. The number of esters is 1. The molecule has 2 heterocycles. The fourth-order valence-electron chi connectivity index (χ4n) is 2.89. The number of hydrogen-bond acceptors (Lipinski definition) is 6. The van der Waals surface area contributed by atoms with Gasteiger partial charge >= 0.3 is 5.97 Å². The molecule has 0 unspecified atom stereocenters. The van der Waals surface area contributed by atoms with Gasteiger partial charge < -0.3 is 9.30 Å². The van der Waals surface area contributed by atoms with Crippen molar-refractivity contribution in [1.82, 2.24) is 13.9 Å². The topological polar surface area (TPSA) is 81.5 Å². The van der Waals surface area contributed by atoms with E-state index in [0.29, 0.717) is 22.8 Å². The summed E-state index contributed by atoms with van der Waals surface area (Å²) in [4.78, 5) is 17.6. The fraction of sp³-hybridized carbons (Fsp3) is 0.368. The largest absolute Gasteiger partial charge is 0.453 e. The van der Waals surface area contributed by atoms with E-state index in [1.54, 1.807) is 18.2 Å². The predicted molar refractivity (Wildman–Crippen MR) is 109 cm³/mol. The summed E-state index contributed by atoms with van der Waals surface area (Å²) in [7, 11) is -0.559. The van der Waals surface area contributed by atoms with Gasteiger partial charge in [0, 0.05) is 20.6 Å². The van der Waals surface area contributed by atoms with Gasteiger partial charge in [0.25, 0.3) is 0 Å². The second-order valence-corrected chi connectivity index (χ2v) is 9.69. The van der Waals surface area contributed by atoms with Crippen molar-refractivity contribution >= 4 is 38.4 Å². The molecule has 0 saturated carbocycles. The summed E-state index contributed by atoms with van der Waals surface area (Å²) in [6.07, 6.45) is 0.869. The Kier molecular flexibility index (Phi) is 5.87. The zero-order chi connectivity index (χ0) is 20.5. The maximum absolute atomic E-state index is 12.4. The van der Waals surface area contributed by atoms with Gasteiger partial charge in [-0.1, -0.05) is 6.92 Å². The number of rotatable bonds is 7. The smallest absolute Gasteiger partial charge is 0.349 e. The van der Waals surface area contributed by atoms with E-state index >= 15 is 0 Å². The molecule has 0 bridgehead atoms. The first-order valence-corrected chi connectivity index (χ1v) is 11.2. The molecule has 0 aliphatic rings. The van der Waals surface area contributed by atoms with Crippen LogP contribution in [-0.4, -0.2) is 42.3 Å². The molecule has 0 fully saturated rings. The number of thiophene rings is 1. The molecule has 150 valence electrons. The average molecular weight is 422 g/mol. The highest BCUT2D eigenvalue weighted by Crippen LogP contribution is 2.23. The molecule has 3 aromatic rings. The number of fused-ring (bicyclic) bond motifs is 1. The summed E-state index contributed by atoms with van der Waals surface area (Å²) < 4.78 is 33.4. The lowest BCUT2D eigenvalue weighted by molar-refractivity contribution is 0.0463. The number of hydrogen-bond donors (Lipinski definition) is 0. The number of aromatic nitrogens is 2. The Morgan fingerprint density at radius 3 is 2.64 bits per heavy atom. The van der Waals surface area contributed by atoms with Crippen LogP contribution in [0, 0.1) is 6.92 Å². The number of ether oxygens (including phenoxy) is 1. The van der Waals surface area contributed by atoms with Gasteiger partial charge in [0.15, 0.2) is 0 Å². The number of carbonyl (C=O) groups is 1. The molecule has 28 heavy (non-hydrogen) atoms. The van der Waals surface area contributed by atoms with E-state index in [2.05, 4.69) is 4.98 Å². The van der Waals surface area contributed by atoms with Crippen LogP contribution in [0.4, 0.5) is 0 Å². The summed E-state index contributed by atoms with van der Waals surface area (Å²) in [5.41, 5.74) is 2.27. The summed E-state index contributed by atoms with van der Waals surface area (Å²) in [5.74, 6) is 0.220. The second kappa shape index (κ2) is 8.02. The van der Waals surface area contributed by atoms with Gasteiger partial charge in [0.05, 0.1) is 15.9 Å². The highest BCUT2D eigenvalue weighted by Gasteiger charge is 2.20. The van der Waals surface area contributed by atoms with Crippen molar-refractivity contribution in [2.75, 3.05) is 14.1 Å². The van der Waals surface area contributed by atoms with Crippen molar-refractivity contribution in [3.05, 3.63) is 45.9 Å². The van der Waals surface area contributed by atoms with Crippen LogP contribution in [0.15, 0.2) is 34.5 Å². The molecule has 0 N–H and O–H groups in total. The Hall–Kier alpha value is -2.23. The first kappa shape index (κ1) is 20.5. The van der Waals surface area contributed by atoms with Crippen molar-refractivity contribution in [3.8, 4) is 0 Å².